The molecule has 31 heavy (non-hydrogen) atoms. The molecule has 8 nitrogen and oxygen atoms in total. The molecule has 0 saturated carbocycles. The average Bonchev–Trinajstić information content (AvgIpc) is 3.23. The van der Waals surface area contributed by atoms with E-state index in [1.165, 1.54) is 12.6 Å². The fourth-order valence-corrected chi connectivity index (χ4v) is 4.07. The lowest BCUT2D eigenvalue weighted by Crippen LogP contribution is -2.26. The molecule has 0 amide bonds. The van der Waals surface area contributed by atoms with E-state index < -0.39 is 11.5 Å². The van der Waals surface area contributed by atoms with Gasteiger partial charge in [0, 0.05) is 5.56 Å². The van der Waals surface area contributed by atoms with Crippen LogP contribution >= 0.6 is 0 Å². The lowest BCUT2D eigenvalue weighted by atomic mass is 9.84. The Morgan fingerprint density at radius 3 is 2.58 bits per heavy atom. The van der Waals surface area contributed by atoms with Crippen molar-refractivity contribution in [1.29, 1.82) is 0 Å². The molecule has 6 rings (SSSR count). The number of hydrogen-bond acceptors (Lipinski definition) is 6. The number of H-pyrrole nitrogens is 2. The molecule has 3 aromatic heterocycles. The van der Waals surface area contributed by atoms with Gasteiger partial charge in [0.05, 0.1) is 40.7 Å². The number of aromatic nitrogens is 4. The smallest absolute Gasteiger partial charge is 0.258 e. The monoisotopic (exact) mass is 410 g/mol. The fourth-order valence-electron chi connectivity index (χ4n) is 4.07. The first kappa shape index (κ1) is 17.4. The number of rotatable bonds is 2. The lowest BCUT2D eigenvalue weighted by Gasteiger charge is -2.23. The second-order valence-electron chi connectivity index (χ2n) is 7.19. The molecule has 2 N–H and O–H groups in total. The second kappa shape index (κ2) is 6.53. The molecule has 0 aliphatic carbocycles. The summed E-state index contributed by atoms with van der Waals surface area (Å²) in [6, 6.07) is 16.5. The first-order valence-corrected chi connectivity index (χ1v) is 9.62. The van der Waals surface area contributed by atoms with Crippen molar-refractivity contribution in [1.82, 2.24) is 20.2 Å². The summed E-state index contributed by atoms with van der Waals surface area (Å²) in [5.74, 6) is -0.395. The molecule has 8 heteroatoms. The van der Waals surface area contributed by atoms with Gasteiger partial charge in [-0.2, -0.15) is 0 Å². The van der Waals surface area contributed by atoms with E-state index in [1.54, 1.807) is 24.3 Å². The van der Waals surface area contributed by atoms with Crippen LogP contribution in [0.5, 0.6) is 11.8 Å². The Morgan fingerprint density at radius 2 is 1.71 bits per heavy atom. The molecule has 0 saturated heterocycles. The zero-order valence-corrected chi connectivity index (χ0v) is 16.0. The van der Waals surface area contributed by atoms with Crippen LogP contribution in [-0.4, -0.2) is 20.2 Å². The molecule has 0 bridgehead atoms. The predicted octanol–water partition coefficient (Wildman–Crippen LogP) is 3.55. The van der Waals surface area contributed by atoms with Crippen molar-refractivity contribution in [3.8, 4) is 23.0 Å². The van der Waals surface area contributed by atoms with Crippen LogP contribution in [0.4, 0.5) is 0 Å². The summed E-state index contributed by atoms with van der Waals surface area (Å²) in [4.78, 5) is 33.1. The van der Waals surface area contributed by atoms with E-state index in [0.717, 1.165) is 5.56 Å². The van der Waals surface area contributed by atoms with Gasteiger partial charge in [0.1, 0.15) is 5.58 Å². The summed E-state index contributed by atoms with van der Waals surface area (Å²) in [6.07, 6.45) is 2.67. The maximum absolute atomic E-state index is 13.5. The molecule has 2 aromatic carbocycles. The van der Waals surface area contributed by atoms with Crippen LogP contribution in [0, 0.1) is 0 Å². The van der Waals surface area contributed by atoms with Crippen molar-refractivity contribution in [3.05, 3.63) is 104 Å². The summed E-state index contributed by atoms with van der Waals surface area (Å²) in [6.45, 7) is 0. The van der Waals surface area contributed by atoms with E-state index in [-0.39, 0.29) is 22.8 Å². The summed E-state index contributed by atoms with van der Waals surface area (Å²) in [7, 11) is 0. The van der Waals surface area contributed by atoms with E-state index in [9.17, 15) is 9.59 Å². The number of benzene rings is 2. The molecule has 0 fully saturated rings. The van der Waals surface area contributed by atoms with E-state index >= 15 is 0 Å². The van der Waals surface area contributed by atoms with Gasteiger partial charge < -0.3 is 14.1 Å². The number of aromatic amines is 2. The Balaban J connectivity index is 1.70. The molecule has 1 aliphatic heterocycles. The maximum Gasteiger partial charge on any atom is 0.258 e. The maximum atomic E-state index is 13.5. The topological polar surface area (TPSA) is 114 Å². The van der Waals surface area contributed by atoms with Gasteiger partial charge in [-0.25, -0.2) is 4.98 Å². The van der Waals surface area contributed by atoms with Crippen LogP contribution in [0.1, 0.15) is 22.6 Å². The van der Waals surface area contributed by atoms with E-state index in [2.05, 4.69) is 20.2 Å². The third kappa shape index (κ3) is 2.55. The first-order chi connectivity index (χ1) is 15.2. The molecule has 0 spiro atoms. The molecule has 1 atom stereocenters. The number of hydrogen-bond donors (Lipinski definition) is 2. The van der Waals surface area contributed by atoms with Crippen LogP contribution in [0.2, 0.25) is 0 Å². The molecule has 0 radical (unpaired) electrons. The molecular weight excluding hydrogens is 396 g/mol. The Morgan fingerprint density at radius 1 is 0.903 bits per heavy atom. The van der Waals surface area contributed by atoms with Gasteiger partial charge in [0.2, 0.25) is 11.8 Å². The summed E-state index contributed by atoms with van der Waals surface area (Å²) >= 11 is 0. The van der Waals surface area contributed by atoms with Crippen molar-refractivity contribution in [3.63, 3.8) is 0 Å². The second-order valence-corrected chi connectivity index (χ2v) is 7.19. The zero-order valence-electron chi connectivity index (χ0n) is 16.0. The van der Waals surface area contributed by atoms with Crippen molar-refractivity contribution in [2.24, 2.45) is 0 Å². The molecule has 4 heterocycles. The van der Waals surface area contributed by atoms with Gasteiger partial charge in [0.25, 0.3) is 5.56 Å². The molecule has 1 aliphatic rings. The highest BCUT2D eigenvalue weighted by Gasteiger charge is 2.38. The minimum absolute atomic E-state index is 0.111. The quantitative estimate of drug-likeness (QED) is 0.451. The predicted molar refractivity (Wildman–Crippen MR) is 112 cm³/mol. The Kier molecular flexibility index (Phi) is 3.66. The van der Waals surface area contributed by atoms with Gasteiger partial charge in [-0.05, 0) is 17.7 Å². The fraction of sp³-hybridized carbons (Fsp3) is 0.0435. The van der Waals surface area contributed by atoms with Gasteiger partial charge in [0.15, 0.2) is 5.43 Å². The summed E-state index contributed by atoms with van der Waals surface area (Å²) in [5, 5.41) is 7.72. The van der Waals surface area contributed by atoms with Gasteiger partial charge in [-0.3, -0.25) is 14.7 Å². The van der Waals surface area contributed by atoms with Crippen molar-refractivity contribution >= 4 is 11.0 Å². The highest BCUT2D eigenvalue weighted by Crippen LogP contribution is 2.47. The van der Waals surface area contributed by atoms with Crippen molar-refractivity contribution in [2.75, 3.05) is 0 Å². The largest absolute Gasteiger partial charge is 0.464 e. The third-order valence-electron chi connectivity index (χ3n) is 5.47. The number of ether oxygens (including phenoxy) is 1. The van der Waals surface area contributed by atoms with Crippen LogP contribution in [0.15, 0.2) is 81.2 Å². The molecule has 5 aromatic rings. The SMILES string of the molecule is O=c1[nH]cnc2c1C(c1coc3ccccc3c1=O)c1c(n[nH]c1-c1ccccc1)O2. The Bertz CT molecular complexity index is 1570. The number of fused-ring (bicyclic) bond motifs is 3. The third-order valence-corrected chi connectivity index (χ3v) is 5.47. The van der Waals surface area contributed by atoms with Gasteiger partial charge >= 0.3 is 0 Å². The first-order valence-electron chi connectivity index (χ1n) is 9.62. The van der Waals surface area contributed by atoms with Crippen LogP contribution in [0.25, 0.3) is 22.2 Å². The number of nitrogens with zero attached hydrogens (tertiary/aromatic N) is 2. The minimum atomic E-state index is -0.772. The van der Waals surface area contributed by atoms with Crippen molar-refractivity contribution in [2.45, 2.75) is 5.92 Å². The molecule has 1 unspecified atom stereocenters. The van der Waals surface area contributed by atoms with Crippen LogP contribution in [-0.2, 0) is 0 Å². The highest BCUT2D eigenvalue weighted by atomic mass is 16.5. The summed E-state index contributed by atoms with van der Waals surface area (Å²) in [5.41, 5.74) is 2.47. The van der Waals surface area contributed by atoms with Gasteiger partial charge in [-0.1, -0.05) is 42.5 Å². The summed E-state index contributed by atoms with van der Waals surface area (Å²) < 4.78 is 11.6. The van der Waals surface area contributed by atoms with Crippen molar-refractivity contribution < 1.29 is 9.15 Å². The Hall–Kier alpha value is -4.46. The minimum Gasteiger partial charge on any atom is -0.464 e. The number of nitrogens with one attached hydrogen (secondary N) is 2. The molecule has 150 valence electrons. The number of para-hydroxylation sites is 1. The Labute approximate surface area is 174 Å². The van der Waals surface area contributed by atoms with E-state index in [0.29, 0.717) is 27.8 Å². The average molecular weight is 410 g/mol. The highest BCUT2D eigenvalue weighted by molar-refractivity contribution is 5.78. The molecular formula is C23H14N4O4. The van der Waals surface area contributed by atoms with E-state index in [1.807, 2.05) is 30.3 Å². The standard InChI is InChI=1S/C23H14N4O4/c28-20-13-8-4-5-9-15(13)30-10-14(20)16-17-19(12-6-2-1-3-7-12)26-27-23(17)31-22-18(16)21(29)24-11-25-22/h1-11,16H,(H,26,27)(H,24,25,29). The van der Waals surface area contributed by atoms with E-state index in [4.69, 9.17) is 9.15 Å². The van der Waals surface area contributed by atoms with Crippen LogP contribution in [0.3, 0.4) is 0 Å². The van der Waals surface area contributed by atoms with Crippen LogP contribution < -0.4 is 15.7 Å². The zero-order chi connectivity index (χ0) is 20.9. The lowest BCUT2D eigenvalue weighted by molar-refractivity contribution is 0.413. The van der Waals surface area contributed by atoms with Gasteiger partial charge in [-0.15, -0.1) is 5.10 Å². The normalized spacial score (nSPS) is 14.6.